The summed E-state index contributed by atoms with van der Waals surface area (Å²) in [5.41, 5.74) is 1.93. The Kier molecular flexibility index (Phi) is 4.16. The van der Waals surface area contributed by atoms with Gasteiger partial charge in [-0.1, -0.05) is 24.6 Å². The largest absolute Gasteiger partial charge is 0.372 e. The number of nitrogens with zero attached hydrogens (tertiary/aromatic N) is 1. The van der Waals surface area contributed by atoms with E-state index in [0.717, 1.165) is 30.1 Å². The summed E-state index contributed by atoms with van der Waals surface area (Å²) in [6, 6.07) is 3.42. The minimum absolute atomic E-state index is 0.205. The number of rotatable bonds is 4. The zero-order valence-electron chi connectivity index (χ0n) is 11.0. The zero-order valence-corrected chi connectivity index (χ0v) is 12.6. The molecule has 1 aromatic rings. The van der Waals surface area contributed by atoms with Crippen LogP contribution >= 0.6 is 11.6 Å². The fraction of sp³-hybridized carbons (Fsp3) is 0.462. The summed E-state index contributed by atoms with van der Waals surface area (Å²) < 4.78 is 23.3. The van der Waals surface area contributed by atoms with Gasteiger partial charge in [-0.2, -0.15) is 0 Å². The van der Waals surface area contributed by atoms with E-state index in [1.54, 1.807) is 6.07 Å². The highest BCUT2D eigenvalue weighted by Crippen LogP contribution is 2.29. The molecule has 0 spiro atoms. The summed E-state index contributed by atoms with van der Waals surface area (Å²) in [6.07, 6.45) is 2.55. The lowest BCUT2D eigenvalue weighted by atomic mass is 10.0. The second-order valence-electron chi connectivity index (χ2n) is 4.57. The van der Waals surface area contributed by atoms with Crippen LogP contribution in [0.3, 0.4) is 0 Å². The maximum atomic E-state index is 11.7. The number of hydrogen-bond acceptors (Lipinski definition) is 4. The van der Waals surface area contributed by atoms with E-state index >= 15 is 0 Å². The van der Waals surface area contributed by atoms with Gasteiger partial charge in [-0.05, 0) is 23.6 Å². The lowest BCUT2D eigenvalue weighted by Crippen LogP contribution is -2.21. The van der Waals surface area contributed by atoms with Crippen LogP contribution in [-0.4, -0.2) is 33.6 Å². The molecule has 0 fully saturated rings. The molecule has 6 heteroatoms. The van der Waals surface area contributed by atoms with Crippen LogP contribution in [0.2, 0.25) is 5.02 Å². The van der Waals surface area contributed by atoms with E-state index in [2.05, 4.69) is 10.3 Å². The van der Waals surface area contributed by atoms with Crippen LogP contribution in [-0.2, 0) is 22.7 Å². The highest BCUT2D eigenvalue weighted by molar-refractivity contribution is 7.90. The van der Waals surface area contributed by atoms with Gasteiger partial charge in [0.2, 0.25) is 0 Å². The van der Waals surface area contributed by atoms with Gasteiger partial charge < -0.3 is 5.32 Å². The Morgan fingerprint density at radius 3 is 2.68 bits per heavy atom. The average molecular weight is 301 g/mol. The predicted octanol–water partition coefficient (Wildman–Crippen LogP) is 1.85. The number of amidine groups is 1. The smallest absolute Gasteiger partial charge is 0.177 e. The molecular weight excluding hydrogens is 284 g/mol. The maximum Gasteiger partial charge on any atom is 0.177 e. The van der Waals surface area contributed by atoms with Gasteiger partial charge in [-0.15, -0.1) is 0 Å². The normalized spacial score (nSPS) is 15.2. The fourth-order valence-electron chi connectivity index (χ4n) is 2.22. The van der Waals surface area contributed by atoms with Gasteiger partial charge in [0.1, 0.15) is 5.84 Å². The third-order valence-electron chi connectivity index (χ3n) is 3.16. The van der Waals surface area contributed by atoms with Gasteiger partial charge >= 0.3 is 0 Å². The molecule has 104 valence electrons. The van der Waals surface area contributed by atoms with Crippen LogP contribution in [0.4, 0.5) is 0 Å². The van der Waals surface area contributed by atoms with E-state index in [1.165, 1.54) is 6.26 Å². The van der Waals surface area contributed by atoms with Crippen molar-refractivity contribution in [2.45, 2.75) is 24.7 Å². The summed E-state index contributed by atoms with van der Waals surface area (Å²) >= 11 is 6.24. The van der Waals surface area contributed by atoms with Crippen LogP contribution in [0.1, 0.15) is 18.1 Å². The molecule has 0 radical (unpaired) electrons. The average Bonchev–Trinajstić information content (AvgIpc) is 2.80. The van der Waals surface area contributed by atoms with E-state index in [1.807, 2.05) is 13.0 Å². The summed E-state index contributed by atoms with van der Waals surface area (Å²) in [6.45, 7) is 3.64. The second kappa shape index (κ2) is 5.51. The van der Waals surface area contributed by atoms with Crippen LogP contribution < -0.4 is 5.32 Å². The standard InChI is InChI=1S/C13H17ClN2O2S/c1-3-10-9(8-12-15-6-7-16-12)4-5-11(13(10)14)19(2,17)18/h4-5H,3,6-8H2,1-2H3,(H,15,16). The van der Waals surface area contributed by atoms with Crippen molar-refractivity contribution in [3.05, 3.63) is 28.3 Å². The molecule has 0 amide bonds. The highest BCUT2D eigenvalue weighted by atomic mass is 35.5. The van der Waals surface area contributed by atoms with Gasteiger partial charge in [0.25, 0.3) is 0 Å². The molecule has 0 saturated carbocycles. The minimum atomic E-state index is -3.29. The van der Waals surface area contributed by atoms with Gasteiger partial charge in [0.05, 0.1) is 16.5 Å². The molecule has 1 aromatic carbocycles. The number of halogens is 1. The Morgan fingerprint density at radius 2 is 2.16 bits per heavy atom. The number of aliphatic imine (C=N–C) groups is 1. The molecule has 0 atom stereocenters. The van der Waals surface area contributed by atoms with E-state index in [9.17, 15) is 8.42 Å². The minimum Gasteiger partial charge on any atom is -0.372 e. The van der Waals surface area contributed by atoms with Crippen molar-refractivity contribution < 1.29 is 8.42 Å². The first kappa shape index (κ1) is 14.3. The van der Waals surface area contributed by atoms with Crippen LogP contribution in [0.15, 0.2) is 22.0 Å². The Balaban J connectivity index is 2.43. The van der Waals surface area contributed by atoms with Crippen LogP contribution in [0, 0.1) is 0 Å². The van der Waals surface area contributed by atoms with E-state index in [4.69, 9.17) is 11.6 Å². The quantitative estimate of drug-likeness (QED) is 0.923. The molecule has 1 aliphatic heterocycles. The first-order valence-corrected chi connectivity index (χ1v) is 8.48. The number of benzene rings is 1. The summed E-state index contributed by atoms with van der Waals surface area (Å²) in [7, 11) is -3.29. The van der Waals surface area contributed by atoms with Crippen molar-refractivity contribution in [2.75, 3.05) is 19.3 Å². The molecule has 0 bridgehead atoms. The SMILES string of the molecule is CCc1c(CC2=NCCN2)ccc(S(C)(=O)=O)c1Cl. The first-order chi connectivity index (χ1) is 8.93. The molecule has 0 aliphatic carbocycles. The van der Waals surface area contributed by atoms with Crippen molar-refractivity contribution in [1.82, 2.24) is 5.32 Å². The third-order valence-corrected chi connectivity index (χ3v) is 4.84. The summed E-state index contributed by atoms with van der Waals surface area (Å²) in [5.74, 6) is 0.942. The van der Waals surface area contributed by atoms with E-state index in [0.29, 0.717) is 17.9 Å². The molecular formula is C13H17ClN2O2S. The lowest BCUT2D eigenvalue weighted by Gasteiger charge is -2.13. The Bertz CT molecular complexity index is 624. The van der Waals surface area contributed by atoms with Gasteiger partial charge in [-0.25, -0.2) is 8.42 Å². The number of nitrogens with one attached hydrogen (secondary N) is 1. The zero-order chi connectivity index (χ0) is 14.0. The highest BCUT2D eigenvalue weighted by Gasteiger charge is 2.18. The molecule has 1 N–H and O–H groups in total. The topological polar surface area (TPSA) is 58.5 Å². The molecule has 4 nitrogen and oxygen atoms in total. The molecule has 0 aromatic heterocycles. The van der Waals surface area contributed by atoms with E-state index < -0.39 is 9.84 Å². The monoisotopic (exact) mass is 300 g/mol. The van der Waals surface area contributed by atoms with Crippen LogP contribution in [0.25, 0.3) is 0 Å². The molecule has 1 aliphatic rings. The van der Waals surface area contributed by atoms with Gasteiger partial charge in [0.15, 0.2) is 9.84 Å². The molecule has 0 unspecified atom stereocenters. The lowest BCUT2D eigenvalue weighted by molar-refractivity contribution is 0.602. The molecule has 2 rings (SSSR count). The first-order valence-electron chi connectivity index (χ1n) is 6.21. The van der Waals surface area contributed by atoms with Crippen molar-refractivity contribution in [3.63, 3.8) is 0 Å². The van der Waals surface area contributed by atoms with Crippen molar-refractivity contribution >= 4 is 27.3 Å². The van der Waals surface area contributed by atoms with E-state index in [-0.39, 0.29) is 4.90 Å². The van der Waals surface area contributed by atoms with Gasteiger partial charge in [-0.3, -0.25) is 4.99 Å². The van der Waals surface area contributed by atoms with Crippen molar-refractivity contribution in [3.8, 4) is 0 Å². The number of hydrogen-bond donors (Lipinski definition) is 1. The second-order valence-corrected chi connectivity index (χ2v) is 6.94. The Morgan fingerprint density at radius 1 is 1.42 bits per heavy atom. The van der Waals surface area contributed by atoms with Crippen LogP contribution in [0.5, 0.6) is 0 Å². The predicted molar refractivity (Wildman–Crippen MR) is 77.9 cm³/mol. The van der Waals surface area contributed by atoms with Gasteiger partial charge in [0, 0.05) is 19.2 Å². The molecule has 1 heterocycles. The van der Waals surface area contributed by atoms with Crippen molar-refractivity contribution in [2.24, 2.45) is 4.99 Å². The summed E-state index contributed by atoms with van der Waals surface area (Å²) in [5, 5.41) is 3.56. The number of sulfone groups is 1. The van der Waals surface area contributed by atoms with Crippen molar-refractivity contribution in [1.29, 1.82) is 0 Å². The molecule has 19 heavy (non-hydrogen) atoms. The maximum absolute atomic E-state index is 11.7. The molecule has 0 saturated heterocycles. The third kappa shape index (κ3) is 3.09. The fourth-order valence-corrected chi connectivity index (χ4v) is 3.72. The summed E-state index contributed by atoms with van der Waals surface area (Å²) in [4.78, 5) is 4.56. The Labute approximate surface area is 118 Å². The Hall–Kier alpha value is -1.07.